The molecule has 0 amide bonds. The number of carbonyl (C=O) groups is 1. The van der Waals surface area contributed by atoms with Crippen molar-refractivity contribution in [3.05, 3.63) is 0 Å². The molecule has 0 heterocycles. The average Bonchev–Trinajstić information content (AvgIpc) is 1.19. The van der Waals surface area contributed by atoms with Gasteiger partial charge in [-0.25, -0.2) is 4.79 Å². The van der Waals surface area contributed by atoms with E-state index < -0.39 is 16.6 Å². The molecule has 10 heteroatoms. The summed E-state index contributed by atoms with van der Waals surface area (Å²) < 4.78 is 34.1. The molecule has 0 bridgehead atoms. The number of hydrogen-bond donors (Lipinski definition) is 2. The summed E-state index contributed by atoms with van der Waals surface area (Å²) in [5, 5.41) is 13.9. The van der Waals surface area contributed by atoms with Crippen LogP contribution in [0.15, 0.2) is 0 Å². The summed E-state index contributed by atoms with van der Waals surface area (Å²) in [6.07, 6.45) is -1.83. The van der Waals surface area contributed by atoms with Crippen LogP contribution in [0.3, 0.4) is 0 Å². The second-order valence-corrected chi connectivity index (χ2v) is 1.51. The first-order chi connectivity index (χ1) is 3.73. The fourth-order valence-corrected chi connectivity index (χ4v) is 0. The Hall–Kier alpha value is 0.880. The molecule has 0 spiro atoms. The van der Waals surface area contributed by atoms with Gasteiger partial charge in [0, 0.05) is 10.4 Å². The van der Waals surface area contributed by atoms with Gasteiger partial charge in [0.05, 0.1) is 0 Å². The summed E-state index contributed by atoms with van der Waals surface area (Å²) in [6, 6.07) is 0. The van der Waals surface area contributed by atoms with E-state index in [1.165, 1.54) is 0 Å². The monoisotopic (exact) mass is 288 g/mol. The molecule has 0 unspecified atom stereocenters. The molecule has 0 saturated heterocycles. The third kappa shape index (κ3) is 1110. The van der Waals surface area contributed by atoms with E-state index in [1.54, 1.807) is 0 Å². The molecule has 7 nitrogen and oxygen atoms in total. The van der Waals surface area contributed by atoms with Gasteiger partial charge in [0.1, 0.15) is 0 Å². The second-order valence-electron chi connectivity index (χ2n) is 0.691. The van der Waals surface area contributed by atoms with E-state index in [9.17, 15) is 0 Å². The van der Waals surface area contributed by atoms with Crippen LogP contribution in [-0.4, -0.2) is 33.9 Å². The minimum absolute atomic E-state index is 0. The maximum absolute atomic E-state index is 8.56. The van der Waals surface area contributed by atoms with Gasteiger partial charge in [0.25, 0.3) is 0 Å². The normalized spacial score (nSPS) is 7.45. The maximum atomic E-state index is 8.56. The standard InChI is InChI=1S/CH2O3.Ag.Na.H2O4S/c2-1(3)4;;;1-5(2,3)4/h(H2,2,3,4);;;(H2,1,2,3,4)/q;2*+1;/p-2. The van der Waals surface area contributed by atoms with Crippen LogP contribution in [0.4, 0.5) is 4.79 Å². The van der Waals surface area contributed by atoms with Crippen LogP contribution in [0, 0.1) is 0 Å². The molecule has 0 aliphatic rings. The van der Waals surface area contributed by atoms with E-state index in [-0.39, 0.29) is 51.9 Å². The Balaban J connectivity index is -0.0000000383. The zero-order chi connectivity index (χ0) is 8.08. The van der Waals surface area contributed by atoms with Crippen molar-refractivity contribution >= 4 is 16.6 Å². The molecule has 0 aliphatic heterocycles. The minimum atomic E-state index is -5.17. The molecular weight excluding hydrogens is 287 g/mol. The van der Waals surface area contributed by atoms with Gasteiger partial charge >= 0.3 is 58.1 Å². The molecule has 0 aromatic carbocycles. The quantitative estimate of drug-likeness (QED) is 0.262. The molecule has 0 radical (unpaired) electrons. The SMILES string of the molecule is O=C(O)O.O=S(=O)([O-])[O-].[Ag+].[Na+]. The van der Waals surface area contributed by atoms with E-state index in [2.05, 4.69) is 0 Å². The van der Waals surface area contributed by atoms with Crippen molar-refractivity contribution in [3.8, 4) is 0 Å². The third-order valence-electron chi connectivity index (χ3n) is 0. The van der Waals surface area contributed by atoms with Gasteiger partial charge in [-0.05, 0) is 0 Å². The number of rotatable bonds is 0. The van der Waals surface area contributed by atoms with Crippen molar-refractivity contribution in [1.82, 2.24) is 0 Å². The van der Waals surface area contributed by atoms with Crippen molar-refractivity contribution in [3.63, 3.8) is 0 Å². The van der Waals surface area contributed by atoms with Crippen LogP contribution in [0.25, 0.3) is 0 Å². The van der Waals surface area contributed by atoms with E-state index in [0.29, 0.717) is 0 Å². The van der Waals surface area contributed by atoms with Crippen molar-refractivity contribution in [1.29, 1.82) is 0 Å². The van der Waals surface area contributed by atoms with Crippen LogP contribution in [0.5, 0.6) is 0 Å². The van der Waals surface area contributed by atoms with Gasteiger partial charge < -0.3 is 19.3 Å². The molecular formula is CH2AgNaO7S. The summed E-state index contributed by atoms with van der Waals surface area (Å²) in [7, 11) is -5.17. The molecule has 0 rings (SSSR count). The Morgan fingerprint density at radius 2 is 1.18 bits per heavy atom. The Morgan fingerprint density at radius 3 is 1.18 bits per heavy atom. The Kier molecular flexibility index (Phi) is 22.4. The molecule has 0 saturated carbocycles. The molecule has 0 fully saturated rings. The van der Waals surface area contributed by atoms with Gasteiger partial charge in [-0.1, -0.05) is 0 Å². The summed E-state index contributed by atoms with van der Waals surface area (Å²) >= 11 is 0. The van der Waals surface area contributed by atoms with Crippen LogP contribution in [0.1, 0.15) is 0 Å². The third-order valence-corrected chi connectivity index (χ3v) is 0. The molecule has 0 aromatic rings. The Labute approximate surface area is 100 Å². The fourth-order valence-electron chi connectivity index (χ4n) is 0. The molecule has 0 atom stereocenters. The van der Waals surface area contributed by atoms with Gasteiger partial charge in [-0.3, -0.25) is 8.42 Å². The summed E-state index contributed by atoms with van der Waals surface area (Å²) in [5.41, 5.74) is 0. The molecule has 11 heavy (non-hydrogen) atoms. The number of hydrogen-bond acceptors (Lipinski definition) is 5. The Morgan fingerprint density at radius 1 is 1.18 bits per heavy atom. The summed E-state index contributed by atoms with van der Waals surface area (Å²) in [6.45, 7) is 0. The molecule has 66 valence electrons. The molecule has 0 aromatic heterocycles. The van der Waals surface area contributed by atoms with E-state index >= 15 is 0 Å². The van der Waals surface area contributed by atoms with Gasteiger partial charge in [-0.15, -0.1) is 0 Å². The van der Waals surface area contributed by atoms with Crippen molar-refractivity contribution in [2.75, 3.05) is 0 Å². The topological polar surface area (TPSA) is 138 Å². The maximum Gasteiger partial charge on any atom is 1.00 e. The first kappa shape index (κ1) is 22.6. The van der Waals surface area contributed by atoms with Crippen LogP contribution in [0.2, 0.25) is 0 Å². The summed E-state index contributed by atoms with van der Waals surface area (Å²) in [4.78, 5) is 8.56. The summed E-state index contributed by atoms with van der Waals surface area (Å²) in [5.74, 6) is 0. The second kappa shape index (κ2) is 10.9. The minimum Gasteiger partial charge on any atom is -0.759 e. The van der Waals surface area contributed by atoms with Gasteiger partial charge in [0.15, 0.2) is 0 Å². The van der Waals surface area contributed by atoms with Crippen LogP contribution in [-0.2, 0) is 32.8 Å². The molecule has 2 N–H and O–H groups in total. The largest absolute Gasteiger partial charge is 1.00 e. The van der Waals surface area contributed by atoms with Crippen LogP contribution < -0.4 is 29.6 Å². The molecule has 0 aliphatic carbocycles. The first-order valence-electron chi connectivity index (χ1n) is 1.32. The van der Waals surface area contributed by atoms with Crippen molar-refractivity contribution in [2.45, 2.75) is 0 Å². The zero-order valence-corrected chi connectivity index (χ0v) is 9.44. The van der Waals surface area contributed by atoms with Crippen LogP contribution >= 0.6 is 0 Å². The van der Waals surface area contributed by atoms with E-state index in [4.69, 9.17) is 32.5 Å². The Bertz CT molecular complexity index is 161. The van der Waals surface area contributed by atoms with E-state index in [1.807, 2.05) is 0 Å². The zero-order valence-electron chi connectivity index (χ0n) is 5.15. The van der Waals surface area contributed by atoms with Gasteiger partial charge in [0.2, 0.25) is 0 Å². The van der Waals surface area contributed by atoms with Gasteiger partial charge in [-0.2, -0.15) is 0 Å². The van der Waals surface area contributed by atoms with Crippen molar-refractivity contribution in [2.24, 2.45) is 0 Å². The first-order valence-corrected chi connectivity index (χ1v) is 2.65. The predicted octanol–water partition coefficient (Wildman–Crippen LogP) is -4.11. The van der Waals surface area contributed by atoms with E-state index in [0.717, 1.165) is 0 Å². The smallest absolute Gasteiger partial charge is 0.759 e. The average molecular weight is 289 g/mol. The predicted molar refractivity (Wildman–Crippen MR) is 21.1 cm³/mol. The van der Waals surface area contributed by atoms with Crippen molar-refractivity contribution < 1.29 is 84.5 Å². The fraction of sp³-hybridized carbons (Fsp3) is 0. The number of carboxylic acid groups (broad SMARTS) is 2.